The molecule has 0 spiro atoms. The van der Waals surface area contributed by atoms with Crippen LogP contribution >= 0.6 is 0 Å². The van der Waals surface area contributed by atoms with E-state index in [1.54, 1.807) is 0 Å². The SMILES string of the molecule is [CH2-]C(C)C.[CH3-].[Zr+4].c1cc[cH-]c1.c1ccc2c(c1)[cH-]c1ccccc12. The Labute approximate surface area is 166 Å². The number of fused-ring (bicyclic) bond motifs is 3. The van der Waals surface area contributed by atoms with Crippen molar-refractivity contribution in [2.75, 3.05) is 0 Å². The maximum atomic E-state index is 3.64. The molecule has 0 saturated heterocycles. The number of hydrogen-bond acceptors (Lipinski definition) is 0. The molecule has 0 atom stereocenters. The first-order valence-corrected chi connectivity index (χ1v) is 7.71. The van der Waals surface area contributed by atoms with E-state index in [2.05, 4.69) is 75.4 Å². The van der Waals surface area contributed by atoms with Gasteiger partial charge in [-0.05, 0) is 0 Å². The first kappa shape index (κ1) is 22.5. The molecule has 0 aromatic heterocycles. The smallest absolute Gasteiger partial charge is 0.358 e. The summed E-state index contributed by atoms with van der Waals surface area (Å²) in [6, 6.07) is 29.3. The number of rotatable bonds is 0. The van der Waals surface area contributed by atoms with Crippen molar-refractivity contribution in [3.8, 4) is 0 Å². The van der Waals surface area contributed by atoms with Crippen molar-refractivity contribution in [1.29, 1.82) is 0 Å². The second kappa shape index (κ2) is 12.0. The fraction of sp³-hybridized carbons (Fsp3) is 0.130. The summed E-state index contributed by atoms with van der Waals surface area (Å²) in [4.78, 5) is 0. The van der Waals surface area contributed by atoms with Crippen LogP contribution in [0.25, 0.3) is 21.5 Å². The summed E-state index contributed by atoms with van der Waals surface area (Å²) >= 11 is 0. The van der Waals surface area contributed by atoms with Crippen LogP contribution in [0.2, 0.25) is 0 Å². The molecule has 24 heavy (non-hydrogen) atoms. The van der Waals surface area contributed by atoms with Gasteiger partial charge >= 0.3 is 26.2 Å². The molecule has 1 heteroatoms. The van der Waals surface area contributed by atoms with Gasteiger partial charge in [-0.1, -0.05) is 50.2 Å². The Morgan fingerprint density at radius 1 is 0.750 bits per heavy atom. The third-order valence-electron chi connectivity index (χ3n) is 3.08. The van der Waals surface area contributed by atoms with Crippen LogP contribution in [0, 0.1) is 20.3 Å². The minimum absolute atomic E-state index is 0. The van der Waals surface area contributed by atoms with Crippen molar-refractivity contribution >= 4 is 21.5 Å². The third kappa shape index (κ3) is 6.97. The van der Waals surface area contributed by atoms with Gasteiger partial charge in [-0.15, -0.1) is 39.7 Å². The minimum Gasteiger partial charge on any atom is -0.358 e. The van der Waals surface area contributed by atoms with Gasteiger partial charge in [-0.2, -0.15) is 24.1 Å². The van der Waals surface area contributed by atoms with Crippen LogP contribution in [-0.2, 0) is 26.2 Å². The average Bonchev–Trinajstić information content (AvgIpc) is 3.18. The Balaban J connectivity index is 0.000000409. The predicted octanol–water partition coefficient (Wildman–Crippen LogP) is 7.04. The zero-order valence-electron chi connectivity index (χ0n) is 14.9. The second-order valence-electron chi connectivity index (χ2n) is 5.67. The molecule has 0 amide bonds. The quantitative estimate of drug-likeness (QED) is 0.281. The predicted molar refractivity (Wildman–Crippen MR) is 106 cm³/mol. The van der Waals surface area contributed by atoms with Crippen LogP contribution in [0.5, 0.6) is 0 Å². The Morgan fingerprint density at radius 3 is 1.46 bits per heavy atom. The fourth-order valence-electron chi connectivity index (χ4n) is 2.22. The summed E-state index contributed by atoms with van der Waals surface area (Å²) in [5, 5.41) is 5.39. The molecule has 0 nitrogen and oxygen atoms in total. The zero-order valence-corrected chi connectivity index (χ0v) is 17.3. The van der Waals surface area contributed by atoms with Gasteiger partial charge in [0, 0.05) is 0 Å². The molecule has 0 saturated carbocycles. The summed E-state index contributed by atoms with van der Waals surface area (Å²) in [6.45, 7) is 7.75. The molecule has 0 aliphatic rings. The van der Waals surface area contributed by atoms with Gasteiger partial charge < -0.3 is 14.4 Å². The van der Waals surface area contributed by atoms with Crippen LogP contribution < -0.4 is 0 Å². The summed E-state index contributed by atoms with van der Waals surface area (Å²) in [5.74, 6) is 0.583. The van der Waals surface area contributed by atoms with Gasteiger partial charge in [-0.3, -0.25) is 0 Å². The Morgan fingerprint density at radius 2 is 1.12 bits per heavy atom. The number of hydrogen-bond donors (Lipinski definition) is 0. The van der Waals surface area contributed by atoms with Gasteiger partial charge in [0.2, 0.25) is 0 Å². The van der Waals surface area contributed by atoms with Gasteiger partial charge in [0.15, 0.2) is 0 Å². The Bertz CT molecular complexity index is 706. The van der Waals surface area contributed by atoms with Crippen molar-refractivity contribution in [2.24, 2.45) is 5.92 Å². The molecule has 0 fully saturated rings. The minimum atomic E-state index is 0. The topological polar surface area (TPSA) is 0 Å². The monoisotopic (exact) mass is 392 g/mol. The standard InChI is InChI=1S/C13H9.C5H5.C4H9.CH3.Zr/c1-3-7-12-10(5-1)9-11-6-2-4-8-13(11)12;1-2-4-5-3-1;1-4(2)3;;/h1-9H;1-5H;4H,1H2,2-3H3;1H3;/q4*-1;+4. The van der Waals surface area contributed by atoms with E-state index in [9.17, 15) is 0 Å². The van der Waals surface area contributed by atoms with Crippen molar-refractivity contribution in [2.45, 2.75) is 13.8 Å². The average molecular weight is 394 g/mol. The van der Waals surface area contributed by atoms with Crippen LogP contribution in [0.4, 0.5) is 0 Å². The van der Waals surface area contributed by atoms with Crippen molar-refractivity contribution < 1.29 is 26.2 Å². The Hall–Kier alpha value is -1.46. The molecule has 0 bridgehead atoms. The van der Waals surface area contributed by atoms with E-state index in [1.165, 1.54) is 21.5 Å². The first-order valence-electron chi connectivity index (χ1n) is 7.71. The molecule has 122 valence electrons. The summed E-state index contributed by atoms with van der Waals surface area (Å²) in [7, 11) is 0. The maximum Gasteiger partial charge on any atom is 4.00 e. The van der Waals surface area contributed by atoms with E-state index in [1.807, 2.05) is 30.3 Å². The molecule has 0 N–H and O–H groups in total. The molecule has 0 unspecified atom stereocenters. The normalized spacial score (nSPS) is 9.17. The molecule has 0 aliphatic heterocycles. The summed E-state index contributed by atoms with van der Waals surface area (Å²) < 4.78 is 0. The molecule has 4 rings (SSSR count). The van der Waals surface area contributed by atoms with Gasteiger partial charge in [0.05, 0.1) is 0 Å². The van der Waals surface area contributed by atoms with Crippen LogP contribution in [-0.4, -0.2) is 0 Å². The number of benzene rings is 2. The molecule has 0 aliphatic carbocycles. The summed E-state index contributed by atoms with van der Waals surface area (Å²) in [5.41, 5.74) is 0. The largest absolute Gasteiger partial charge is 4.00 e. The maximum absolute atomic E-state index is 3.64. The van der Waals surface area contributed by atoms with Gasteiger partial charge in [0.1, 0.15) is 0 Å². The summed E-state index contributed by atoms with van der Waals surface area (Å²) in [6.07, 6.45) is 0. The molecular formula is C23H26Zr. The molecule has 4 aromatic carbocycles. The van der Waals surface area contributed by atoms with E-state index in [-0.39, 0.29) is 33.6 Å². The van der Waals surface area contributed by atoms with E-state index in [0.29, 0.717) is 5.92 Å². The molecular weight excluding hydrogens is 367 g/mol. The van der Waals surface area contributed by atoms with Crippen molar-refractivity contribution in [1.82, 2.24) is 0 Å². The van der Waals surface area contributed by atoms with E-state index >= 15 is 0 Å². The first-order chi connectivity index (χ1) is 10.7. The van der Waals surface area contributed by atoms with Crippen LogP contribution in [0.15, 0.2) is 84.9 Å². The zero-order chi connectivity index (χ0) is 15.8. The molecule has 0 heterocycles. The van der Waals surface area contributed by atoms with E-state index in [4.69, 9.17) is 0 Å². The fourth-order valence-corrected chi connectivity index (χ4v) is 2.22. The van der Waals surface area contributed by atoms with Crippen molar-refractivity contribution in [3.05, 3.63) is 99.3 Å². The van der Waals surface area contributed by atoms with Crippen LogP contribution in [0.1, 0.15) is 13.8 Å². The van der Waals surface area contributed by atoms with Gasteiger partial charge in [0.25, 0.3) is 0 Å². The molecule has 4 aromatic rings. The second-order valence-corrected chi connectivity index (χ2v) is 5.67. The van der Waals surface area contributed by atoms with E-state index in [0.717, 1.165) is 0 Å². The van der Waals surface area contributed by atoms with Gasteiger partial charge in [-0.25, -0.2) is 12.1 Å². The third-order valence-corrected chi connectivity index (χ3v) is 3.08. The molecule has 0 radical (unpaired) electrons. The van der Waals surface area contributed by atoms with Crippen LogP contribution in [0.3, 0.4) is 0 Å². The van der Waals surface area contributed by atoms with E-state index < -0.39 is 0 Å². The Kier molecular flexibility index (Phi) is 11.3. The van der Waals surface area contributed by atoms with Crippen molar-refractivity contribution in [3.63, 3.8) is 0 Å².